The monoisotopic (exact) mass is 218 g/mol. The fraction of sp³-hybridized carbons (Fsp3) is 0.643. The first-order valence-electron chi connectivity index (χ1n) is 6.30. The van der Waals surface area contributed by atoms with Gasteiger partial charge in [-0.25, -0.2) is 4.79 Å². The van der Waals surface area contributed by atoms with Crippen molar-refractivity contribution < 1.29 is 9.53 Å². The molecule has 16 heavy (non-hydrogen) atoms. The van der Waals surface area contributed by atoms with Crippen molar-refractivity contribution in [3.8, 4) is 0 Å². The topological polar surface area (TPSA) is 26.3 Å². The molecule has 2 bridgehead atoms. The molecule has 2 nitrogen and oxygen atoms in total. The van der Waals surface area contributed by atoms with Gasteiger partial charge >= 0.3 is 5.97 Å². The Morgan fingerprint density at radius 2 is 2.12 bits per heavy atom. The first-order chi connectivity index (χ1) is 7.66. The predicted molar refractivity (Wildman–Crippen MR) is 61.8 cm³/mol. The fourth-order valence-electron chi connectivity index (χ4n) is 3.16. The summed E-state index contributed by atoms with van der Waals surface area (Å²) in [5.74, 6) is 0.757. The highest BCUT2D eigenvalue weighted by molar-refractivity contribution is 5.91. The average Bonchev–Trinajstić information content (AvgIpc) is 2.92. The van der Waals surface area contributed by atoms with E-state index in [-0.39, 0.29) is 11.6 Å². The van der Waals surface area contributed by atoms with Crippen molar-refractivity contribution in [3.05, 3.63) is 23.8 Å². The van der Waals surface area contributed by atoms with Crippen molar-refractivity contribution in [2.45, 2.75) is 44.6 Å². The summed E-state index contributed by atoms with van der Waals surface area (Å²) >= 11 is 0. The SMILES string of the molecule is CC1(OC(=O)C2=CC3C=CC2C3)CCCC1. The second-order valence-electron chi connectivity index (χ2n) is 5.56. The van der Waals surface area contributed by atoms with Crippen LogP contribution in [-0.2, 0) is 9.53 Å². The minimum absolute atomic E-state index is 0.0683. The Morgan fingerprint density at radius 3 is 2.69 bits per heavy atom. The van der Waals surface area contributed by atoms with Crippen LogP contribution in [0.2, 0.25) is 0 Å². The Hall–Kier alpha value is -1.05. The largest absolute Gasteiger partial charge is 0.456 e. The molecule has 0 spiro atoms. The molecule has 3 aliphatic rings. The third kappa shape index (κ3) is 1.60. The molecule has 1 saturated carbocycles. The van der Waals surface area contributed by atoms with E-state index in [0.29, 0.717) is 11.8 Å². The zero-order chi connectivity index (χ0) is 11.2. The maximum atomic E-state index is 12.1. The summed E-state index contributed by atoms with van der Waals surface area (Å²) in [6.45, 7) is 2.07. The normalized spacial score (nSPS) is 34.2. The van der Waals surface area contributed by atoms with Crippen molar-refractivity contribution in [1.29, 1.82) is 0 Å². The van der Waals surface area contributed by atoms with Crippen LogP contribution in [0.1, 0.15) is 39.0 Å². The number of allylic oxidation sites excluding steroid dienone is 3. The molecule has 86 valence electrons. The standard InChI is InChI=1S/C14H18O2/c1-14(6-2-3-7-14)16-13(15)12-9-10-4-5-11(12)8-10/h4-5,9-11H,2-3,6-8H2,1H3. The fourth-order valence-corrected chi connectivity index (χ4v) is 3.16. The lowest BCUT2D eigenvalue weighted by Gasteiger charge is -2.25. The molecule has 1 fully saturated rings. The van der Waals surface area contributed by atoms with Gasteiger partial charge in [-0.1, -0.05) is 18.2 Å². The average molecular weight is 218 g/mol. The Bertz CT molecular complexity index is 372. The van der Waals surface area contributed by atoms with E-state index in [9.17, 15) is 4.79 Å². The minimum Gasteiger partial charge on any atom is -0.456 e. The van der Waals surface area contributed by atoms with Crippen LogP contribution in [0.15, 0.2) is 23.8 Å². The summed E-state index contributed by atoms with van der Waals surface area (Å²) in [5, 5.41) is 0. The lowest BCUT2D eigenvalue weighted by Crippen LogP contribution is -2.29. The number of carbonyl (C=O) groups is 1. The second-order valence-corrected chi connectivity index (χ2v) is 5.56. The van der Waals surface area contributed by atoms with E-state index in [1.165, 1.54) is 12.8 Å². The van der Waals surface area contributed by atoms with Gasteiger partial charge in [0.25, 0.3) is 0 Å². The predicted octanol–water partition coefficient (Wildman–Crippen LogP) is 2.99. The molecule has 0 aromatic heterocycles. The molecular formula is C14H18O2. The molecule has 2 atom stereocenters. The van der Waals surface area contributed by atoms with Crippen molar-refractivity contribution >= 4 is 5.97 Å². The Labute approximate surface area is 96.4 Å². The first kappa shape index (κ1) is 10.1. The number of esters is 1. The third-order valence-electron chi connectivity index (χ3n) is 4.15. The highest BCUT2D eigenvalue weighted by atomic mass is 16.6. The van der Waals surface area contributed by atoms with Gasteiger partial charge in [0, 0.05) is 11.5 Å². The van der Waals surface area contributed by atoms with E-state index in [0.717, 1.165) is 24.8 Å². The van der Waals surface area contributed by atoms with Gasteiger partial charge in [0.15, 0.2) is 0 Å². The molecule has 0 amide bonds. The molecule has 3 rings (SSSR count). The third-order valence-corrected chi connectivity index (χ3v) is 4.15. The van der Waals surface area contributed by atoms with Gasteiger partial charge in [-0.15, -0.1) is 0 Å². The molecule has 2 unspecified atom stereocenters. The minimum atomic E-state index is -0.191. The van der Waals surface area contributed by atoms with Crippen molar-refractivity contribution in [2.24, 2.45) is 11.8 Å². The van der Waals surface area contributed by atoms with E-state index in [2.05, 4.69) is 25.2 Å². The first-order valence-corrected chi connectivity index (χ1v) is 6.30. The van der Waals surface area contributed by atoms with Crippen molar-refractivity contribution in [1.82, 2.24) is 0 Å². The summed E-state index contributed by atoms with van der Waals surface area (Å²) in [4.78, 5) is 12.1. The molecule has 0 saturated heterocycles. The highest BCUT2D eigenvalue weighted by Crippen LogP contribution is 2.40. The number of ether oxygens (including phenoxy) is 1. The van der Waals surface area contributed by atoms with Gasteiger partial charge in [0.2, 0.25) is 0 Å². The van der Waals surface area contributed by atoms with E-state index >= 15 is 0 Å². The van der Waals surface area contributed by atoms with Crippen LogP contribution in [0.3, 0.4) is 0 Å². The van der Waals surface area contributed by atoms with Crippen LogP contribution in [0, 0.1) is 11.8 Å². The molecule has 0 aromatic carbocycles. The van der Waals surface area contributed by atoms with Crippen LogP contribution in [-0.4, -0.2) is 11.6 Å². The van der Waals surface area contributed by atoms with Crippen LogP contribution in [0.25, 0.3) is 0 Å². The maximum Gasteiger partial charge on any atom is 0.334 e. The van der Waals surface area contributed by atoms with Crippen molar-refractivity contribution in [3.63, 3.8) is 0 Å². The lowest BCUT2D eigenvalue weighted by atomic mass is 10.0. The number of hydrogen-bond donors (Lipinski definition) is 0. The summed E-state index contributed by atoms with van der Waals surface area (Å²) in [6, 6.07) is 0. The molecule has 0 aliphatic heterocycles. The Kier molecular flexibility index (Phi) is 2.20. The highest BCUT2D eigenvalue weighted by Gasteiger charge is 2.37. The van der Waals surface area contributed by atoms with Crippen LogP contribution in [0.5, 0.6) is 0 Å². The molecule has 0 heterocycles. The summed E-state index contributed by atoms with van der Waals surface area (Å²) in [6.07, 6.45) is 11.9. The quantitative estimate of drug-likeness (QED) is 0.526. The van der Waals surface area contributed by atoms with Gasteiger partial charge in [0.05, 0.1) is 0 Å². The van der Waals surface area contributed by atoms with Crippen LogP contribution in [0.4, 0.5) is 0 Å². The molecular weight excluding hydrogens is 200 g/mol. The van der Waals surface area contributed by atoms with E-state index in [4.69, 9.17) is 4.74 Å². The summed E-state index contributed by atoms with van der Waals surface area (Å²) < 4.78 is 5.69. The zero-order valence-corrected chi connectivity index (χ0v) is 9.74. The van der Waals surface area contributed by atoms with Gasteiger partial charge in [-0.3, -0.25) is 0 Å². The van der Waals surface area contributed by atoms with Crippen molar-refractivity contribution in [2.75, 3.05) is 0 Å². The van der Waals surface area contributed by atoms with Gasteiger partial charge in [-0.2, -0.15) is 0 Å². The molecule has 3 aliphatic carbocycles. The number of fused-ring (bicyclic) bond motifs is 2. The Morgan fingerprint density at radius 1 is 1.38 bits per heavy atom. The number of rotatable bonds is 2. The van der Waals surface area contributed by atoms with E-state index in [1.54, 1.807) is 0 Å². The molecule has 0 aromatic rings. The van der Waals surface area contributed by atoms with Gasteiger partial charge in [-0.05, 0) is 44.9 Å². The number of hydrogen-bond acceptors (Lipinski definition) is 2. The van der Waals surface area contributed by atoms with E-state index in [1.807, 2.05) is 0 Å². The summed E-state index contributed by atoms with van der Waals surface area (Å²) in [7, 11) is 0. The molecule has 0 radical (unpaired) electrons. The van der Waals surface area contributed by atoms with Gasteiger partial charge in [0.1, 0.15) is 5.60 Å². The maximum absolute atomic E-state index is 12.1. The molecule has 0 N–H and O–H groups in total. The van der Waals surface area contributed by atoms with E-state index < -0.39 is 0 Å². The second kappa shape index (κ2) is 3.47. The smallest absolute Gasteiger partial charge is 0.334 e. The Balaban J connectivity index is 1.68. The molecule has 2 heteroatoms. The van der Waals surface area contributed by atoms with Crippen LogP contribution >= 0.6 is 0 Å². The van der Waals surface area contributed by atoms with Gasteiger partial charge < -0.3 is 4.74 Å². The summed E-state index contributed by atoms with van der Waals surface area (Å²) in [5.41, 5.74) is 0.712. The number of carbonyl (C=O) groups excluding carboxylic acids is 1. The zero-order valence-electron chi connectivity index (χ0n) is 9.74. The lowest BCUT2D eigenvalue weighted by molar-refractivity contribution is -0.152. The van der Waals surface area contributed by atoms with Crippen LogP contribution < -0.4 is 0 Å².